The number of nitrogens with two attached hydrogens (primary N) is 1. The fraction of sp³-hybridized carbons (Fsp3) is 0. The highest BCUT2D eigenvalue weighted by atomic mass is 19.1. The van der Waals surface area contributed by atoms with Crippen molar-refractivity contribution in [1.29, 1.82) is 0 Å². The van der Waals surface area contributed by atoms with Crippen molar-refractivity contribution in [1.82, 2.24) is 0 Å². The first-order valence-electron chi connectivity index (χ1n) is 2.89. The smallest absolute Gasteiger partial charge is 0.298 e. The number of rotatable bonds is 2. The van der Waals surface area contributed by atoms with Crippen LogP contribution >= 0.6 is 0 Å². The number of anilines is 1. The maximum absolute atomic E-state index is 12.6. The molecule has 0 bridgehead atoms. The van der Waals surface area contributed by atoms with Crippen LogP contribution in [0.15, 0.2) is 18.2 Å². The Labute approximate surface area is 62.6 Å². The van der Waals surface area contributed by atoms with Crippen LogP contribution in [0.2, 0.25) is 0 Å². The van der Waals surface area contributed by atoms with Gasteiger partial charge in [-0.05, 0) is 12.1 Å². The lowest BCUT2D eigenvalue weighted by Gasteiger charge is -1.98. The standard InChI is InChI=1S/C7H6FNO2/c8-6-3-5(11-4-10)1-2-7(6)9/h1-4H,9H2. The zero-order chi connectivity index (χ0) is 8.27. The highest BCUT2D eigenvalue weighted by Gasteiger charge is 1.99. The maximum Gasteiger partial charge on any atom is 0.298 e. The molecular formula is C7H6FNO2. The molecule has 0 heterocycles. The van der Waals surface area contributed by atoms with Gasteiger partial charge in [0.2, 0.25) is 0 Å². The van der Waals surface area contributed by atoms with Crippen LogP contribution in [-0.4, -0.2) is 6.47 Å². The van der Waals surface area contributed by atoms with Crippen molar-refractivity contribution >= 4 is 12.2 Å². The van der Waals surface area contributed by atoms with Crippen LogP contribution in [0.25, 0.3) is 0 Å². The van der Waals surface area contributed by atoms with E-state index < -0.39 is 5.82 Å². The van der Waals surface area contributed by atoms with Gasteiger partial charge in [-0.3, -0.25) is 4.79 Å². The van der Waals surface area contributed by atoms with Crippen LogP contribution < -0.4 is 10.5 Å². The molecule has 1 aromatic rings. The average molecular weight is 155 g/mol. The predicted molar refractivity (Wildman–Crippen MR) is 37.5 cm³/mol. The summed E-state index contributed by atoms with van der Waals surface area (Å²) in [6.45, 7) is 0.227. The van der Waals surface area contributed by atoms with Gasteiger partial charge in [-0.15, -0.1) is 0 Å². The summed E-state index contributed by atoms with van der Waals surface area (Å²) >= 11 is 0. The number of carbonyl (C=O) groups excluding carboxylic acids is 1. The van der Waals surface area contributed by atoms with Gasteiger partial charge in [0, 0.05) is 6.07 Å². The summed E-state index contributed by atoms with van der Waals surface area (Å²) in [6.07, 6.45) is 0. The topological polar surface area (TPSA) is 52.3 Å². The second kappa shape index (κ2) is 3.01. The lowest BCUT2D eigenvalue weighted by atomic mass is 10.3. The lowest BCUT2D eigenvalue weighted by Crippen LogP contribution is -1.93. The van der Waals surface area contributed by atoms with Gasteiger partial charge in [-0.2, -0.15) is 0 Å². The molecule has 3 nitrogen and oxygen atoms in total. The zero-order valence-electron chi connectivity index (χ0n) is 5.58. The van der Waals surface area contributed by atoms with Crippen LogP contribution in [0.5, 0.6) is 5.75 Å². The largest absolute Gasteiger partial charge is 0.429 e. The molecule has 1 aromatic carbocycles. The highest BCUT2D eigenvalue weighted by Crippen LogP contribution is 2.16. The van der Waals surface area contributed by atoms with Crippen LogP contribution in [-0.2, 0) is 4.79 Å². The van der Waals surface area contributed by atoms with E-state index in [1.165, 1.54) is 12.1 Å². The minimum atomic E-state index is -0.593. The Morgan fingerprint density at radius 3 is 2.82 bits per heavy atom. The summed E-state index contributed by atoms with van der Waals surface area (Å²) in [5.74, 6) is -0.448. The molecule has 0 aliphatic carbocycles. The fourth-order valence-electron chi connectivity index (χ4n) is 0.637. The number of hydrogen-bond donors (Lipinski definition) is 1. The van der Waals surface area contributed by atoms with Crippen LogP contribution in [0.3, 0.4) is 0 Å². The van der Waals surface area contributed by atoms with Crippen LogP contribution in [0.4, 0.5) is 10.1 Å². The van der Waals surface area contributed by atoms with Gasteiger partial charge < -0.3 is 10.5 Å². The van der Waals surface area contributed by atoms with E-state index in [4.69, 9.17) is 5.73 Å². The number of halogens is 1. The van der Waals surface area contributed by atoms with E-state index in [1.54, 1.807) is 0 Å². The summed E-state index contributed by atoms with van der Waals surface area (Å²) in [5, 5.41) is 0. The third-order valence-electron chi connectivity index (χ3n) is 1.16. The van der Waals surface area contributed by atoms with E-state index in [1.807, 2.05) is 0 Å². The first-order chi connectivity index (χ1) is 5.24. The van der Waals surface area contributed by atoms with Crippen molar-refractivity contribution in [2.75, 3.05) is 5.73 Å². The fourth-order valence-corrected chi connectivity index (χ4v) is 0.637. The molecule has 4 heteroatoms. The molecule has 0 amide bonds. The molecule has 0 radical (unpaired) electrons. The highest BCUT2D eigenvalue weighted by molar-refractivity contribution is 5.49. The zero-order valence-corrected chi connectivity index (χ0v) is 5.58. The SMILES string of the molecule is Nc1ccc(OC=O)cc1F. The molecule has 0 saturated heterocycles. The van der Waals surface area contributed by atoms with Gasteiger partial charge in [0.05, 0.1) is 5.69 Å². The van der Waals surface area contributed by atoms with E-state index in [0.717, 1.165) is 6.07 Å². The Hall–Kier alpha value is -1.58. The third kappa shape index (κ3) is 1.67. The predicted octanol–water partition coefficient (Wildman–Crippen LogP) is 0.943. The molecule has 1 rings (SSSR count). The third-order valence-corrected chi connectivity index (χ3v) is 1.16. The Morgan fingerprint density at radius 1 is 1.55 bits per heavy atom. The molecule has 0 aromatic heterocycles. The Bertz CT molecular complexity index is 275. The molecule has 0 unspecified atom stereocenters. The Kier molecular flexibility index (Phi) is 2.06. The number of ether oxygens (including phenoxy) is 1. The van der Waals surface area contributed by atoms with E-state index in [-0.39, 0.29) is 17.9 Å². The molecule has 2 N–H and O–H groups in total. The molecular weight excluding hydrogens is 149 g/mol. The average Bonchev–Trinajstić information content (AvgIpc) is 1.98. The normalized spacial score (nSPS) is 9.18. The van der Waals surface area contributed by atoms with E-state index in [2.05, 4.69) is 4.74 Å². The van der Waals surface area contributed by atoms with Crippen LogP contribution in [0.1, 0.15) is 0 Å². The molecule has 0 fully saturated rings. The summed E-state index contributed by atoms with van der Waals surface area (Å²) in [7, 11) is 0. The molecule has 58 valence electrons. The monoisotopic (exact) mass is 155 g/mol. The minimum absolute atomic E-state index is 0.0308. The van der Waals surface area contributed by atoms with Gasteiger partial charge in [0.1, 0.15) is 11.6 Å². The maximum atomic E-state index is 12.6. The van der Waals surface area contributed by atoms with Gasteiger partial charge in [-0.1, -0.05) is 0 Å². The van der Waals surface area contributed by atoms with Crippen LogP contribution in [0, 0.1) is 5.82 Å². The van der Waals surface area contributed by atoms with Crippen molar-refractivity contribution in [3.05, 3.63) is 24.0 Å². The quantitative estimate of drug-likeness (QED) is 0.510. The van der Waals surface area contributed by atoms with Crippen molar-refractivity contribution in [3.63, 3.8) is 0 Å². The molecule has 0 saturated carbocycles. The van der Waals surface area contributed by atoms with Crippen molar-refractivity contribution < 1.29 is 13.9 Å². The van der Waals surface area contributed by atoms with E-state index in [9.17, 15) is 9.18 Å². The Morgan fingerprint density at radius 2 is 2.27 bits per heavy atom. The number of hydrogen-bond acceptors (Lipinski definition) is 3. The van der Waals surface area contributed by atoms with Gasteiger partial charge >= 0.3 is 0 Å². The van der Waals surface area contributed by atoms with Gasteiger partial charge in [-0.25, -0.2) is 4.39 Å². The summed E-state index contributed by atoms with van der Waals surface area (Å²) in [6, 6.07) is 3.78. The first kappa shape index (κ1) is 7.53. The second-order valence-electron chi connectivity index (χ2n) is 1.90. The first-order valence-corrected chi connectivity index (χ1v) is 2.89. The number of nitrogen functional groups attached to an aromatic ring is 1. The summed E-state index contributed by atoms with van der Waals surface area (Å²) in [5.41, 5.74) is 5.20. The second-order valence-corrected chi connectivity index (χ2v) is 1.90. The molecule has 0 aliphatic heterocycles. The minimum Gasteiger partial charge on any atom is -0.429 e. The molecule has 11 heavy (non-hydrogen) atoms. The summed E-state index contributed by atoms with van der Waals surface area (Å²) < 4.78 is 16.9. The van der Waals surface area contributed by atoms with Gasteiger partial charge in [0.25, 0.3) is 6.47 Å². The lowest BCUT2D eigenvalue weighted by molar-refractivity contribution is -0.120. The Balaban J connectivity index is 2.95. The van der Waals surface area contributed by atoms with Crippen molar-refractivity contribution in [3.8, 4) is 5.75 Å². The number of carbonyl (C=O) groups is 1. The van der Waals surface area contributed by atoms with Crippen molar-refractivity contribution in [2.45, 2.75) is 0 Å². The van der Waals surface area contributed by atoms with Gasteiger partial charge in [0.15, 0.2) is 0 Å². The van der Waals surface area contributed by atoms with Crippen molar-refractivity contribution in [2.24, 2.45) is 0 Å². The summed E-state index contributed by atoms with van der Waals surface area (Å²) in [4.78, 5) is 9.79. The molecule has 0 atom stereocenters. The van der Waals surface area contributed by atoms with E-state index in [0.29, 0.717) is 0 Å². The molecule has 0 aliphatic rings. The molecule has 0 spiro atoms. The number of benzene rings is 1. The van der Waals surface area contributed by atoms with E-state index >= 15 is 0 Å².